The molecule has 1 spiro atoms. The van der Waals surface area contributed by atoms with E-state index in [1.54, 1.807) is 7.11 Å². The fourth-order valence-electron chi connectivity index (χ4n) is 13.9. The SMILES string of the molecule is CCC1CC2C=CC1CC(O)CCCN=C(N)NCCC1C3Oc4cc(ccc4OC#CCC3CCC13CCCC3)C1Oc3cc(OC)c4c(c3CC1O)C2Cc1cc(O)c(CC(C)C)cc1-4. The molecule has 0 saturated heterocycles. The summed E-state index contributed by atoms with van der Waals surface area (Å²) in [6, 6.07) is 12.1. The van der Waals surface area contributed by atoms with Crippen molar-refractivity contribution in [2.75, 3.05) is 20.2 Å². The van der Waals surface area contributed by atoms with E-state index in [1.807, 2.05) is 30.3 Å². The molecule has 0 amide bonds. The molecule has 0 radical (unpaired) electrons. The third-order valence-corrected chi connectivity index (χ3v) is 17.2. The Kier molecular flexibility index (Phi) is 13.2. The lowest BCUT2D eigenvalue weighted by atomic mass is 9.59. The van der Waals surface area contributed by atoms with Crippen molar-refractivity contribution in [1.82, 2.24) is 5.32 Å². The van der Waals surface area contributed by atoms with E-state index in [1.165, 1.54) is 37.7 Å². The van der Waals surface area contributed by atoms with Crippen molar-refractivity contribution >= 4 is 5.96 Å². The third kappa shape index (κ3) is 9.00. The van der Waals surface area contributed by atoms with Gasteiger partial charge in [0.2, 0.25) is 0 Å². The number of aliphatic imine (C=N–C) groups is 1. The minimum absolute atomic E-state index is 0.0484. The zero-order valence-electron chi connectivity index (χ0n) is 40.2. The second-order valence-corrected chi connectivity index (χ2v) is 21.7. The summed E-state index contributed by atoms with van der Waals surface area (Å²) in [5, 5.41) is 38.8. The Morgan fingerprint density at radius 1 is 0.940 bits per heavy atom. The van der Waals surface area contributed by atoms with Crippen molar-refractivity contribution in [1.29, 1.82) is 0 Å². The van der Waals surface area contributed by atoms with Crippen LogP contribution in [-0.4, -0.2) is 59.8 Å². The zero-order valence-corrected chi connectivity index (χ0v) is 40.2. The van der Waals surface area contributed by atoms with Gasteiger partial charge in [0.25, 0.3) is 0 Å². The zero-order chi connectivity index (χ0) is 46.4. The number of aromatic hydroxyl groups is 1. The van der Waals surface area contributed by atoms with Crippen LogP contribution in [-0.2, 0) is 19.3 Å². The van der Waals surface area contributed by atoms with Gasteiger partial charge in [-0.2, -0.15) is 0 Å². The van der Waals surface area contributed by atoms with Gasteiger partial charge in [-0.05, 0) is 158 Å². The topological polar surface area (TPSA) is 148 Å². The maximum absolute atomic E-state index is 12.4. The molecule has 6 aliphatic heterocycles. The number of methoxy groups -OCH3 is 1. The highest BCUT2D eigenvalue weighted by Crippen LogP contribution is 2.58. The molecule has 10 atom stereocenters. The molecule has 9 bridgehead atoms. The maximum atomic E-state index is 12.4. The molecule has 6 N–H and O–H groups in total. The molecule has 3 aromatic rings. The number of aliphatic hydroxyl groups excluding tert-OH is 2. The molecule has 6 heterocycles. The van der Waals surface area contributed by atoms with Gasteiger partial charge >= 0.3 is 0 Å². The first-order chi connectivity index (χ1) is 32.5. The van der Waals surface area contributed by atoms with Crippen molar-refractivity contribution in [3.8, 4) is 51.9 Å². The average Bonchev–Trinajstić information content (AvgIpc) is 3.81. The van der Waals surface area contributed by atoms with Crippen LogP contribution in [0.15, 0.2) is 53.5 Å². The van der Waals surface area contributed by atoms with Crippen molar-refractivity contribution in [3.63, 3.8) is 0 Å². The number of phenolic OH excluding ortho intramolecular Hbond substituents is 1. The second kappa shape index (κ2) is 19.3. The Labute approximate surface area is 398 Å². The number of benzene rings is 3. The van der Waals surface area contributed by atoms with Crippen LogP contribution in [0.2, 0.25) is 0 Å². The van der Waals surface area contributed by atoms with Crippen LogP contribution in [0, 0.1) is 52.9 Å². The quantitative estimate of drug-likeness (QED) is 0.127. The van der Waals surface area contributed by atoms with Crippen molar-refractivity contribution in [2.24, 2.45) is 51.6 Å². The first-order valence-corrected chi connectivity index (χ1v) is 25.8. The number of hydrogen-bond acceptors (Lipinski definition) is 10. The summed E-state index contributed by atoms with van der Waals surface area (Å²) in [5.41, 5.74) is 13.9. The monoisotopic (exact) mass is 912 g/mol. The molecule has 10 nitrogen and oxygen atoms in total. The third-order valence-electron chi connectivity index (χ3n) is 17.2. The van der Waals surface area contributed by atoms with Gasteiger partial charge in [0.05, 0.1) is 19.3 Å². The van der Waals surface area contributed by atoms with Gasteiger partial charge in [0, 0.05) is 55.0 Å². The normalized spacial score (nSPS) is 30.9. The van der Waals surface area contributed by atoms with Gasteiger partial charge in [-0.15, -0.1) is 0 Å². The van der Waals surface area contributed by atoms with E-state index in [-0.39, 0.29) is 41.1 Å². The first kappa shape index (κ1) is 45.9. The predicted octanol–water partition coefficient (Wildman–Crippen LogP) is 10.1. The van der Waals surface area contributed by atoms with Crippen LogP contribution in [0.5, 0.6) is 28.7 Å². The van der Waals surface area contributed by atoms with E-state index in [2.05, 4.69) is 56.3 Å². The summed E-state index contributed by atoms with van der Waals surface area (Å²) >= 11 is 0. The molecule has 2 fully saturated rings. The van der Waals surface area contributed by atoms with Gasteiger partial charge < -0.3 is 45.3 Å². The molecule has 10 unspecified atom stereocenters. The van der Waals surface area contributed by atoms with Gasteiger partial charge in [-0.25, -0.2) is 0 Å². The molecule has 0 aromatic heterocycles. The Morgan fingerprint density at radius 2 is 1.78 bits per heavy atom. The number of rotatable bonds is 4. The lowest BCUT2D eigenvalue weighted by molar-refractivity contribution is -0.0502. The molecular formula is C57H73N3O7. The van der Waals surface area contributed by atoms with E-state index in [0.717, 1.165) is 89.8 Å². The van der Waals surface area contributed by atoms with E-state index >= 15 is 0 Å². The molecule has 10 aliphatic rings. The van der Waals surface area contributed by atoms with Crippen LogP contribution in [0.3, 0.4) is 0 Å². The number of fused-ring (bicyclic) bond motifs is 2. The average molecular weight is 912 g/mol. The number of ether oxygens (including phenoxy) is 4. The van der Waals surface area contributed by atoms with Gasteiger partial charge in [-0.3, -0.25) is 4.99 Å². The van der Waals surface area contributed by atoms with Gasteiger partial charge in [-0.1, -0.05) is 64.2 Å². The highest BCUT2D eigenvalue weighted by atomic mass is 16.5. The molecule has 3 aromatic carbocycles. The summed E-state index contributed by atoms with van der Waals surface area (Å²) in [6.45, 7) is 7.89. The van der Waals surface area contributed by atoms with Gasteiger partial charge in [0.1, 0.15) is 35.6 Å². The summed E-state index contributed by atoms with van der Waals surface area (Å²) in [4.78, 5) is 4.71. The fourth-order valence-corrected chi connectivity index (χ4v) is 13.9. The van der Waals surface area contributed by atoms with E-state index in [4.69, 9.17) is 29.7 Å². The second-order valence-electron chi connectivity index (χ2n) is 21.7. The molecular weight excluding hydrogens is 839 g/mol. The molecule has 10 heteroatoms. The highest BCUT2D eigenvalue weighted by Gasteiger charge is 2.51. The number of hydrogen-bond donors (Lipinski definition) is 5. The van der Waals surface area contributed by atoms with Crippen molar-refractivity contribution in [3.05, 3.63) is 76.4 Å². The highest BCUT2D eigenvalue weighted by molar-refractivity contribution is 5.84. The number of nitrogens with zero attached hydrogens (tertiary/aromatic N) is 1. The van der Waals surface area contributed by atoms with Crippen molar-refractivity contribution in [2.45, 2.75) is 154 Å². The Bertz CT molecular complexity index is 2430. The van der Waals surface area contributed by atoms with Crippen LogP contribution in [0.4, 0.5) is 0 Å². The summed E-state index contributed by atoms with van der Waals surface area (Å²) in [6.07, 6.45) is 20.5. The summed E-state index contributed by atoms with van der Waals surface area (Å²) in [5.74, 6) is 8.60. The number of nitrogens with two attached hydrogens (primary N) is 1. The van der Waals surface area contributed by atoms with Crippen LogP contribution in [0.1, 0.15) is 144 Å². The molecule has 13 rings (SSSR count). The Morgan fingerprint density at radius 3 is 2.58 bits per heavy atom. The standard InChI is InChI=1S/C57H73N3O7/c1-5-34-25-37-13-12-36(34)26-41(61)11-8-21-59-56(58)60-22-17-45-54-35(16-20-57(45)18-6-7-19-57)10-9-23-65-48-15-14-38(30-50(48)67-54)55-47(63)31-44-49(66-55)32-51(64-4)53-43-28-40(24-33(2)3)46(62)29-39(43)27-42(37)52(44)53/h12-15,28-30,32-37,41-42,45,47,54-55,61-63H,5-8,10-11,16-22,24-27,31H2,1-4H3,(H3,58,59,60). The predicted molar refractivity (Wildman–Crippen MR) is 263 cm³/mol. The number of aliphatic hydroxyl groups is 2. The lowest BCUT2D eigenvalue weighted by Gasteiger charge is -2.49. The first-order valence-electron chi connectivity index (χ1n) is 25.8. The summed E-state index contributed by atoms with van der Waals surface area (Å²) < 4.78 is 26.9. The smallest absolute Gasteiger partial charge is 0.188 e. The van der Waals surface area contributed by atoms with Crippen LogP contribution < -0.4 is 30.0 Å². The molecule has 358 valence electrons. The molecule has 2 saturated carbocycles. The van der Waals surface area contributed by atoms with Gasteiger partial charge in [0.15, 0.2) is 17.5 Å². The van der Waals surface area contributed by atoms with Crippen molar-refractivity contribution < 1.29 is 34.3 Å². The minimum Gasteiger partial charge on any atom is -0.508 e. The number of phenols is 1. The lowest BCUT2D eigenvalue weighted by Crippen LogP contribution is -2.49. The molecule has 67 heavy (non-hydrogen) atoms. The number of guanidine groups is 1. The van der Waals surface area contributed by atoms with E-state index in [0.29, 0.717) is 73.8 Å². The van der Waals surface area contributed by atoms with Crippen LogP contribution in [0.25, 0.3) is 11.1 Å². The summed E-state index contributed by atoms with van der Waals surface area (Å²) in [7, 11) is 1.73. The fraction of sp³-hybridized carbons (Fsp3) is 0.596. The van der Waals surface area contributed by atoms with E-state index in [9.17, 15) is 15.3 Å². The van der Waals surface area contributed by atoms with E-state index < -0.39 is 18.3 Å². The Hall–Kier alpha value is -4.85. The maximum Gasteiger partial charge on any atom is 0.188 e. The van der Waals surface area contributed by atoms with Crippen LogP contribution >= 0.6 is 0 Å². The Balaban J connectivity index is 1.08. The largest absolute Gasteiger partial charge is 0.508 e. The number of allylic oxidation sites excluding steroid dienone is 2. The minimum atomic E-state index is -0.844. The molecule has 4 aliphatic carbocycles. The number of nitrogens with one attached hydrogen (secondary N) is 1.